The highest BCUT2D eigenvalue weighted by Crippen LogP contribution is 2.36. The summed E-state index contributed by atoms with van der Waals surface area (Å²) in [5.41, 5.74) is 0. The van der Waals surface area contributed by atoms with Crippen molar-refractivity contribution in [3.8, 4) is 0 Å². The van der Waals surface area contributed by atoms with E-state index in [9.17, 15) is 4.79 Å². The number of methoxy groups -OCH3 is 1. The number of nitrogens with zero attached hydrogens (tertiary/aromatic N) is 1. The summed E-state index contributed by atoms with van der Waals surface area (Å²) in [6.07, 6.45) is 7.02. The van der Waals surface area contributed by atoms with Crippen LogP contribution in [0.15, 0.2) is 0 Å². The van der Waals surface area contributed by atoms with Gasteiger partial charge in [0.15, 0.2) is 0 Å². The minimum atomic E-state index is 0.0511. The SMILES string of the molecule is COC(C)CC(=O)N1CCC2CCCCC21. The molecule has 3 atom stereocenters. The zero-order valence-electron chi connectivity index (χ0n) is 10.4. The molecule has 1 saturated carbocycles. The molecule has 1 saturated heterocycles. The Kier molecular flexibility index (Phi) is 3.85. The fourth-order valence-corrected chi connectivity index (χ4v) is 3.16. The standard InChI is InChI=1S/C13H23NO2/c1-10(16-2)9-13(15)14-8-7-11-5-3-4-6-12(11)14/h10-12H,3-9H2,1-2H3. The Morgan fingerprint density at radius 3 is 2.88 bits per heavy atom. The van der Waals surface area contributed by atoms with Crippen molar-refractivity contribution < 1.29 is 9.53 Å². The summed E-state index contributed by atoms with van der Waals surface area (Å²) < 4.78 is 5.17. The Hall–Kier alpha value is -0.570. The van der Waals surface area contributed by atoms with Gasteiger partial charge in [-0.1, -0.05) is 12.8 Å². The van der Waals surface area contributed by atoms with Crippen LogP contribution in [0, 0.1) is 5.92 Å². The smallest absolute Gasteiger partial charge is 0.225 e. The molecule has 2 fully saturated rings. The Morgan fingerprint density at radius 1 is 1.38 bits per heavy atom. The van der Waals surface area contributed by atoms with Gasteiger partial charge in [0, 0.05) is 19.7 Å². The third-order valence-corrected chi connectivity index (χ3v) is 4.19. The van der Waals surface area contributed by atoms with Gasteiger partial charge in [0.2, 0.25) is 5.91 Å². The van der Waals surface area contributed by atoms with E-state index >= 15 is 0 Å². The summed E-state index contributed by atoms with van der Waals surface area (Å²) >= 11 is 0. The zero-order chi connectivity index (χ0) is 11.5. The molecule has 0 bridgehead atoms. The van der Waals surface area contributed by atoms with E-state index in [2.05, 4.69) is 4.90 Å². The Bertz CT molecular complexity index is 254. The second-order valence-electron chi connectivity index (χ2n) is 5.24. The summed E-state index contributed by atoms with van der Waals surface area (Å²) in [7, 11) is 1.67. The van der Waals surface area contributed by atoms with E-state index in [1.165, 1.54) is 32.1 Å². The molecule has 1 aliphatic carbocycles. The van der Waals surface area contributed by atoms with Crippen molar-refractivity contribution in [3.63, 3.8) is 0 Å². The topological polar surface area (TPSA) is 29.5 Å². The lowest BCUT2D eigenvalue weighted by atomic mass is 9.85. The number of likely N-dealkylation sites (tertiary alicyclic amines) is 1. The quantitative estimate of drug-likeness (QED) is 0.737. The summed E-state index contributed by atoms with van der Waals surface area (Å²) in [5.74, 6) is 1.08. The van der Waals surface area contributed by atoms with Gasteiger partial charge in [0.05, 0.1) is 12.5 Å². The van der Waals surface area contributed by atoms with Gasteiger partial charge in [-0.2, -0.15) is 0 Å². The number of rotatable bonds is 3. The minimum absolute atomic E-state index is 0.0511. The number of ether oxygens (including phenoxy) is 1. The molecule has 3 heteroatoms. The molecule has 3 unspecified atom stereocenters. The molecule has 92 valence electrons. The predicted octanol–water partition coefficient (Wildman–Crippen LogP) is 2.20. The van der Waals surface area contributed by atoms with Crippen LogP contribution < -0.4 is 0 Å². The summed E-state index contributed by atoms with van der Waals surface area (Å²) in [6, 6.07) is 0.547. The lowest BCUT2D eigenvalue weighted by molar-refractivity contribution is -0.135. The van der Waals surface area contributed by atoms with Crippen molar-refractivity contribution in [2.45, 2.75) is 57.6 Å². The molecule has 0 aromatic heterocycles. The molecule has 0 aromatic carbocycles. The summed E-state index contributed by atoms with van der Waals surface area (Å²) in [6.45, 7) is 2.94. The van der Waals surface area contributed by atoms with Crippen LogP contribution in [0.3, 0.4) is 0 Å². The van der Waals surface area contributed by atoms with Crippen LogP contribution in [0.5, 0.6) is 0 Å². The van der Waals surface area contributed by atoms with Crippen LogP contribution >= 0.6 is 0 Å². The first kappa shape index (κ1) is 11.9. The summed E-state index contributed by atoms with van der Waals surface area (Å²) in [5, 5.41) is 0. The number of hydrogen-bond donors (Lipinski definition) is 0. The first-order chi connectivity index (χ1) is 7.72. The van der Waals surface area contributed by atoms with Crippen LogP contribution in [0.2, 0.25) is 0 Å². The average molecular weight is 225 g/mol. The number of carbonyl (C=O) groups is 1. The van der Waals surface area contributed by atoms with Crippen LogP contribution in [0.25, 0.3) is 0 Å². The minimum Gasteiger partial charge on any atom is -0.381 e. The molecule has 1 aliphatic heterocycles. The predicted molar refractivity (Wildman–Crippen MR) is 63.2 cm³/mol. The molecule has 1 amide bonds. The molecule has 0 spiro atoms. The molecular formula is C13H23NO2. The first-order valence-electron chi connectivity index (χ1n) is 6.54. The van der Waals surface area contributed by atoms with Crippen molar-refractivity contribution in [1.29, 1.82) is 0 Å². The van der Waals surface area contributed by atoms with Crippen LogP contribution in [0.4, 0.5) is 0 Å². The molecule has 16 heavy (non-hydrogen) atoms. The van der Waals surface area contributed by atoms with Crippen LogP contribution in [0.1, 0.15) is 45.4 Å². The first-order valence-corrected chi connectivity index (χ1v) is 6.54. The number of hydrogen-bond acceptors (Lipinski definition) is 2. The van der Waals surface area contributed by atoms with Crippen molar-refractivity contribution >= 4 is 5.91 Å². The highest BCUT2D eigenvalue weighted by atomic mass is 16.5. The number of carbonyl (C=O) groups excluding carboxylic acids is 1. The lowest BCUT2D eigenvalue weighted by Crippen LogP contribution is -2.40. The number of amides is 1. The normalized spacial score (nSPS) is 31.2. The molecule has 3 nitrogen and oxygen atoms in total. The molecule has 0 N–H and O–H groups in total. The van der Waals surface area contributed by atoms with Gasteiger partial charge < -0.3 is 9.64 Å². The zero-order valence-corrected chi connectivity index (χ0v) is 10.4. The average Bonchev–Trinajstić information content (AvgIpc) is 2.72. The Morgan fingerprint density at radius 2 is 2.12 bits per heavy atom. The fourth-order valence-electron chi connectivity index (χ4n) is 3.16. The third-order valence-electron chi connectivity index (χ3n) is 4.19. The van der Waals surface area contributed by atoms with Gasteiger partial charge >= 0.3 is 0 Å². The summed E-state index contributed by atoms with van der Waals surface area (Å²) in [4.78, 5) is 14.2. The number of fused-ring (bicyclic) bond motifs is 1. The van der Waals surface area contributed by atoms with Gasteiger partial charge in [-0.15, -0.1) is 0 Å². The Labute approximate surface area is 98.1 Å². The maximum atomic E-state index is 12.1. The van der Waals surface area contributed by atoms with Gasteiger partial charge in [-0.3, -0.25) is 4.79 Å². The van der Waals surface area contributed by atoms with Gasteiger partial charge in [-0.25, -0.2) is 0 Å². The van der Waals surface area contributed by atoms with Crippen molar-refractivity contribution in [3.05, 3.63) is 0 Å². The maximum Gasteiger partial charge on any atom is 0.225 e. The second kappa shape index (κ2) is 5.17. The fraction of sp³-hybridized carbons (Fsp3) is 0.923. The van der Waals surface area contributed by atoms with E-state index in [0.717, 1.165) is 12.5 Å². The molecule has 1 heterocycles. The van der Waals surface area contributed by atoms with Crippen LogP contribution in [-0.2, 0) is 9.53 Å². The maximum absolute atomic E-state index is 12.1. The van der Waals surface area contributed by atoms with E-state index in [1.54, 1.807) is 7.11 Å². The van der Waals surface area contributed by atoms with Gasteiger partial charge in [0.25, 0.3) is 0 Å². The highest BCUT2D eigenvalue weighted by molar-refractivity contribution is 5.77. The highest BCUT2D eigenvalue weighted by Gasteiger charge is 2.38. The van der Waals surface area contributed by atoms with Gasteiger partial charge in [-0.05, 0) is 32.1 Å². The molecular weight excluding hydrogens is 202 g/mol. The van der Waals surface area contributed by atoms with E-state index < -0.39 is 0 Å². The van der Waals surface area contributed by atoms with E-state index in [1.807, 2.05) is 6.92 Å². The largest absolute Gasteiger partial charge is 0.381 e. The van der Waals surface area contributed by atoms with Crippen LogP contribution in [-0.4, -0.2) is 36.6 Å². The third kappa shape index (κ3) is 2.40. The van der Waals surface area contributed by atoms with E-state index in [4.69, 9.17) is 4.74 Å². The molecule has 0 radical (unpaired) electrons. The molecule has 2 rings (SSSR count). The monoisotopic (exact) mass is 225 g/mol. The lowest BCUT2D eigenvalue weighted by Gasteiger charge is -2.32. The van der Waals surface area contributed by atoms with Crippen molar-refractivity contribution in [2.24, 2.45) is 5.92 Å². The van der Waals surface area contributed by atoms with E-state index in [-0.39, 0.29) is 6.10 Å². The Balaban J connectivity index is 1.91. The van der Waals surface area contributed by atoms with E-state index in [0.29, 0.717) is 18.4 Å². The molecule has 2 aliphatic rings. The van der Waals surface area contributed by atoms with Gasteiger partial charge in [0.1, 0.15) is 0 Å². The molecule has 0 aromatic rings. The second-order valence-corrected chi connectivity index (χ2v) is 5.24. The van der Waals surface area contributed by atoms with Crippen molar-refractivity contribution in [1.82, 2.24) is 4.90 Å². The van der Waals surface area contributed by atoms with Crippen molar-refractivity contribution in [2.75, 3.05) is 13.7 Å².